The maximum Gasteiger partial charge on any atom is 0.0559 e. The van der Waals surface area contributed by atoms with Crippen LogP contribution >= 0.6 is 22.7 Å². The van der Waals surface area contributed by atoms with Crippen LogP contribution in [0.15, 0.2) is 267 Å². The molecule has 0 radical (unpaired) electrons. The van der Waals surface area contributed by atoms with Gasteiger partial charge in [-0.2, -0.15) is 0 Å². The summed E-state index contributed by atoms with van der Waals surface area (Å²) in [4.78, 5) is 7.17. The molecule has 1 atom stereocenters. The van der Waals surface area contributed by atoms with Crippen LogP contribution in [0, 0.1) is 0 Å². The molecule has 2 heterocycles. The van der Waals surface area contributed by atoms with E-state index in [9.17, 15) is 0 Å². The molecule has 0 bridgehead atoms. The van der Waals surface area contributed by atoms with Crippen molar-refractivity contribution in [2.75, 3.05) is 14.7 Å². The van der Waals surface area contributed by atoms with Crippen LogP contribution in [0.25, 0.3) is 62.6 Å². The molecule has 0 amide bonds. The zero-order valence-corrected chi connectivity index (χ0v) is 40.5. The SMILES string of the molecule is C1=CCC(N(c2ccccc2)c2ccc(-c3ccc4sc5ccc(N(c6ccccc6)c6ccc7sc8ccc(-c9ccc(N(c%10ccccc%10)c%10ccccc%10)cc9)cc8c7c6)cc5c4c3)cc2)C=C1. The standard InChI is InChI=1S/C66H47N3S2/c1-6-16-50(17-7-1)67(51-18-8-2-9-19-51)55-32-26-46(27-33-55)48-30-38-63-59(42-48)61-44-57(36-40-65(61)70-63)69(54-24-14-5-15-25-54)58-37-41-66-62(45-58)60-43-49(31-39-64(60)71-66)47-28-34-56(35-29-47)68(52-20-10-3-11-21-52)53-22-12-4-13-23-53/h1-22,24-45,53H,23H2. The van der Waals surface area contributed by atoms with Crippen molar-refractivity contribution in [3.8, 4) is 22.3 Å². The number of benzene rings is 10. The van der Waals surface area contributed by atoms with Crippen molar-refractivity contribution in [1.29, 1.82) is 0 Å². The number of allylic oxidation sites excluding steroid dienone is 2. The van der Waals surface area contributed by atoms with Gasteiger partial charge in [-0.15, -0.1) is 22.7 Å². The number of hydrogen-bond donors (Lipinski definition) is 0. The Bertz CT molecular complexity index is 3860. The molecule has 13 rings (SSSR count). The fourth-order valence-electron chi connectivity index (χ4n) is 10.3. The molecule has 10 aromatic carbocycles. The highest BCUT2D eigenvalue weighted by Gasteiger charge is 2.21. The minimum Gasteiger partial charge on any atom is -0.334 e. The second-order valence-corrected chi connectivity index (χ2v) is 20.2. The Labute approximate surface area is 422 Å². The van der Waals surface area contributed by atoms with E-state index in [4.69, 9.17) is 0 Å². The van der Waals surface area contributed by atoms with Gasteiger partial charge in [0, 0.05) is 85.8 Å². The van der Waals surface area contributed by atoms with Gasteiger partial charge in [0.2, 0.25) is 0 Å². The van der Waals surface area contributed by atoms with Gasteiger partial charge in [-0.05, 0) is 162 Å². The summed E-state index contributed by atoms with van der Waals surface area (Å²) < 4.78 is 5.13. The van der Waals surface area contributed by atoms with Crippen LogP contribution in [0.4, 0.5) is 45.5 Å². The van der Waals surface area contributed by atoms with Gasteiger partial charge in [0.25, 0.3) is 0 Å². The molecule has 338 valence electrons. The van der Waals surface area contributed by atoms with E-state index in [2.05, 4.69) is 282 Å². The maximum atomic E-state index is 2.45. The number of thiophene rings is 2. The summed E-state index contributed by atoms with van der Waals surface area (Å²) >= 11 is 3.72. The molecular formula is C66H47N3S2. The summed E-state index contributed by atoms with van der Waals surface area (Å²) in [6.45, 7) is 0. The summed E-state index contributed by atoms with van der Waals surface area (Å²) in [5, 5.41) is 5.08. The van der Waals surface area contributed by atoms with Crippen LogP contribution in [-0.4, -0.2) is 6.04 Å². The molecule has 0 saturated carbocycles. The monoisotopic (exact) mass is 945 g/mol. The highest BCUT2D eigenvalue weighted by atomic mass is 32.1. The Morgan fingerprint density at radius 2 is 0.634 bits per heavy atom. The molecule has 0 saturated heterocycles. The quantitative estimate of drug-likeness (QED) is 0.128. The number of para-hydroxylation sites is 4. The van der Waals surface area contributed by atoms with E-state index in [0.717, 1.165) is 40.5 Å². The van der Waals surface area contributed by atoms with Gasteiger partial charge in [-0.3, -0.25) is 0 Å². The number of rotatable bonds is 11. The second kappa shape index (κ2) is 18.4. The average Bonchev–Trinajstić information content (AvgIpc) is 4.00. The molecule has 1 aliphatic carbocycles. The third kappa shape index (κ3) is 8.15. The summed E-state index contributed by atoms with van der Waals surface area (Å²) in [7, 11) is 0. The van der Waals surface area contributed by atoms with E-state index in [0.29, 0.717) is 0 Å². The van der Waals surface area contributed by atoms with Crippen LogP contribution in [0.5, 0.6) is 0 Å². The van der Waals surface area contributed by atoms with Gasteiger partial charge in [0.05, 0.1) is 6.04 Å². The molecule has 2 aromatic heterocycles. The lowest BCUT2D eigenvalue weighted by atomic mass is 10.0. The minimum absolute atomic E-state index is 0.263. The van der Waals surface area contributed by atoms with Crippen molar-refractivity contribution in [1.82, 2.24) is 0 Å². The van der Waals surface area contributed by atoms with E-state index in [1.807, 2.05) is 22.7 Å². The molecule has 3 nitrogen and oxygen atoms in total. The highest BCUT2D eigenvalue weighted by Crippen LogP contribution is 2.45. The van der Waals surface area contributed by atoms with Gasteiger partial charge < -0.3 is 14.7 Å². The topological polar surface area (TPSA) is 9.72 Å². The van der Waals surface area contributed by atoms with Crippen molar-refractivity contribution in [2.24, 2.45) is 0 Å². The lowest BCUT2D eigenvalue weighted by Crippen LogP contribution is -2.29. The van der Waals surface area contributed by atoms with Crippen molar-refractivity contribution >= 4 is 109 Å². The highest BCUT2D eigenvalue weighted by molar-refractivity contribution is 7.26. The van der Waals surface area contributed by atoms with E-state index >= 15 is 0 Å². The lowest BCUT2D eigenvalue weighted by Gasteiger charge is -2.32. The maximum absolute atomic E-state index is 2.45. The molecule has 0 fully saturated rings. The normalized spacial score (nSPS) is 13.3. The first kappa shape index (κ1) is 42.6. The lowest BCUT2D eigenvalue weighted by molar-refractivity contribution is 0.785. The Kier molecular flexibility index (Phi) is 11.1. The first-order chi connectivity index (χ1) is 35.2. The molecule has 0 spiro atoms. The third-order valence-electron chi connectivity index (χ3n) is 13.7. The van der Waals surface area contributed by atoms with E-state index in [-0.39, 0.29) is 6.04 Å². The zero-order valence-electron chi connectivity index (χ0n) is 38.8. The Balaban J connectivity index is 0.845. The number of hydrogen-bond acceptors (Lipinski definition) is 5. The van der Waals surface area contributed by atoms with Gasteiger partial charge in [0.1, 0.15) is 0 Å². The number of fused-ring (bicyclic) bond motifs is 6. The van der Waals surface area contributed by atoms with Gasteiger partial charge in [-0.25, -0.2) is 0 Å². The van der Waals surface area contributed by atoms with E-state index < -0.39 is 0 Å². The molecule has 1 unspecified atom stereocenters. The van der Waals surface area contributed by atoms with Gasteiger partial charge in [0.15, 0.2) is 0 Å². The predicted molar refractivity (Wildman–Crippen MR) is 308 cm³/mol. The number of anilines is 8. The van der Waals surface area contributed by atoms with Crippen molar-refractivity contribution in [3.63, 3.8) is 0 Å². The molecule has 0 aliphatic heterocycles. The summed E-state index contributed by atoms with van der Waals surface area (Å²) in [6.07, 6.45) is 9.84. The van der Waals surface area contributed by atoms with Crippen LogP contribution < -0.4 is 14.7 Å². The Morgan fingerprint density at radius 1 is 0.296 bits per heavy atom. The van der Waals surface area contributed by atoms with Gasteiger partial charge >= 0.3 is 0 Å². The largest absolute Gasteiger partial charge is 0.334 e. The smallest absolute Gasteiger partial charge is 0.0559 e. The molecule has 71 heavy (non-hydrogen) atoms. The van der Waals surface area contributed by atoms with E-state index in [1.165, 1.54) is 74.0 Å². The zero-order chi connectivity index (χ0) is 47.1. The first-order valence-electron chi connectivity index (χ1n) is 24.3. The second-order valence-electron chi connectivity index (χ2n) is 18.1. The fourth-order valence-corrected chi connectivity index (χ4v) is 12.4. The molecular weight excluding hydrogens is 899 g/mol. The van der Waals surface area contributed by atoms with Crippen molar-refractivity contribution < 1.29 is 0 Å². The average molecular weight is 946 g/mol. The fraction of sp³-hybridized carbons (Fsp3) is 0.0303. The van der Waals surface area contributed by atoms with Gasteiger partial charge in [-0.1, -0.05) is 133 Å². The van der Waals surface area contributed by atoms with Crippen LogP contribution in [0.3, 0.4) is 0 Å². The van der Waals surface area contributed by atoms with Crippen molar-refractivity contribution in [3.05, 3.63) is 267 Å². The molecule has 5 heteroatoms. The molecule has 0 N–H and O–H groups in total. The first-order valence-corrected chi connectivity index (χ1v) is 25.9. The Hall–Kier alpha value is -8.48. The minimum atomic E-state index is 0.263. The predicted octanol–water partition coefficient (Wildman–Crippen LogP) is 19.7. The van der Waals surface area contributed by atoms with Crippen molar-refractivity contribution in [2.45, 2.75) is 12.5 Å². The molecule has 1 aliphatic rings. The number of nitrogens with zero attached hydrogens (tertiary/aromatic N) is 3. The summed E-state index contributed by atoms with van der Waals surface area (Å²) in [5.74, 6) is 0. The van der Waals surface area contributed by atoms with E-state index in [1.54, 1.807) is 0 Å². The molecule has 12 aromatic rings. The summed E-state index contributed by atoms with van der Waals surface area (Å²) in [6, 6.07) is 88.9. The Morgan fingerprint density at radius 3 is 1.07 bits per heavy atom. The van der Waals surface area contributed by atoms with Crippen LogP contribution in [0.1, 0.15) is 6.42 Å². The van der Waals surface area contributed by atoms with Crippen LogP contribution in [0.2, 0.25) is 0 Å². The van der Waals surface area contributed by atoms with Crippen LogP contribution in [-0.2, 0) is 0 Å². The summed E-state index contributed by atoms with van der Waals surface area (Å²) in [5.41, 5.74) is 14.0. The third-order valence-corrected chi connectivity index (χ3v) is 16.0.